The van der Waals surface area contributed by atoms with Gasteiger partial charge >= 0.3 is 0 Å². The first-order valence-corrected chi connectivity index (χ1v) is 48.2. The normalized spacial score (nSPS) is 14.0. The van der Waals surface area contributed by atoms with E-state index in [9.17, 15) is 9.59 Å². The second kappa shape index (κ2) is 44.9. The first kappa shape index (κ1) is 100. The van der Waals surface area contributed by atoms with Crippen LogP contribution in [0.5, 0.6) is 23.0 Å². The van der Waals surface area contributed by atoms with E-state index in [0.29, 0.717) is 90.3 Å². The molecule has 0 radical (unpaired) electrons. The van der Waals surface area contributed by atoms with Gasteiger partial charge in [-0.3, -0.25) is 14.3 Å². The molecule has 0 saturated carbocycles. The van der Waals surface area contributed by atoms with Crippen molar-refractivity contribution in [2.45, 2.75) is 213 Å². The summed E-state index contributed by atoms with van der Waals surface area (Å²) in [7, 11) is 0. The van der Waals surface area contributed by atoms with E-state index in [0.717, 1.165) is 78.7 Å². The highest BCUT2D eigenvalue weighted by molar-refractivity contribution is 5.99. The molecular weight excluding hydrogens is 1670 g/mol. The number of benzene rings is 12. The Hall–Kier alpha value is -12.2. The molecule has 4 N–H and O–H groups in total. The van der Waals surface area contributed by atoms with Crippen molar-refractivity contribution >= 4 is 11.8 Å². The summed E-state index contributed by atoms with van der Waals surface area (Å²) in [4.78, 5) is 25.4. The molecule has 4 aliphatic rings. The quantitative estimate of drug-likeness (QED) is 0.0436. The van der Waals surface area contributed by atoms with Gasteiger partial charge in [0.1, 0.15) is 42.8 Å². The number of hydrogen-bond donors (Lipinski definition) is 3. The fourth-order valence-electron chi connectivity index (χ4n) is 17.3. The SMILES string of the molecule is CC(C)(C)c1ccc(C(c2ccc(OCCC[NH2+]Cc3ccc(Cc4cn(CCCOc5ccc(C(c6ccc(C(C)(C)C)cc6)(c6ccc(C(C)(C)C)cc6)c6ccc(C(C)(C)C)cc6)cc5)nn4)cc3)cc2)(c2ccc(C(C)(C)C)cc2)c2ccc(C(C)(C)C)cc2)cc1.O=C1NCc2ccc(cc2)OCCOCCOCCOCCOc2ccc(cc2)CNC(=O)c2cccc1c2. The highest BCUT2D eigenvalue weighted by Gasteiger charge is 2.42. The molecule has 12 aromatic carbocycles. The molecular formula is C120H143N6O9+. The monoisotopic (exact) mass is 1810 g/mol. The smallest absolute Gasteiger partial charge is 0.251 e. The number of aromatic nitrogens is 3. The van der Waals surface area contributed by atoms with E-state index in [1.807, 2.05) is 53.2 Å². The van der Waals surface area contributed by atoms with Crippen LogP contribution in [-0.2, 0) is 90.1 Å². The van der Waals surface area contributed by atoms with Crippen molar-refractivity contribution in [3.05, 3.63) is 414 Å². The molecule has 17 rings (SSSR count). The van der Waals surface area contributed by atoms with E-state index >= 15 is 0 Å². The van der Waals surface area contributed by atoms with Crippen molar-refractivity contribution in [1.29, 1.82) is 0 Å². The molecule has 0 fully saturated rings. The number of rotatable bonds is 22. The Labute approximate surface area is 803 Å². The molecule has 0 unspecified atom stereocenters. The Kier molecular flexibility index (Phi) is 33.4. The van der Waals surface area contributed by atoms with Crippen LogP contribution in [0.3, 0.4) is 0 Å². The second-order valence-corrected chi connectivity index (χ2v) is 41.9. The number of nitrogens with one attached hydrogen (secondary N) is 2. The van der Waals surface area contributed by atoms with Gasteiger partial charge in [0.2, 0.25) is 0 Å². The lowest BCUT2D eigenvalue weighted by Gasteiger charge is -2.38. The second-order valence-electron chi connectivity index (χ2n) is 41.9. The summed E-state index contributed by atoms with van der Waals surface area (Å²) in [6.07, 6.45) is 4.55. The molecule has 2 amide bonds. The Bertz CT molecular complexity index is 5520. The predicted octanol–water partition coefficient (Wildman–Crippen LogP) is 23.8. The first-order valence-electron chi connectivity index (χ1n) is 48.2. The van der Waals surface area contributed by atoms with Crippen molar-refractivity contribution in [3.8, 4) is 23.0 Å². The van der Waals surface area contributed by atoms with Crippen LogP contribution in [0.1, 0.15) is 264 Å². The molecule has 0 saturated heterocycles. The summed E-state index contributed by atoms with van der Waals surface area (Å²) in [5.74, 6) is 2.67. The van der Waals surface area contributed by atoms with E-state index in [4.69, 9.17) is 33.2 Å². The van der Waals surface area contributed by atoms with Gasteiger partial charge in [-0.05, 0) is 194 Å². The molecule has 706 valence electrons. The van der Waals surface area contributed by atoms with Crippen molar-refractivity contribution < 1.29 is 48.1 Å². The summed E-state index contributed by atoms with van der Waals surface area (Å²) in [5.41, 5.74) is 23.0. The predicted molar refractivity (Wildman–Crippen MR) is 547 cm³/mol. The summed E-state index contributed by atoms with van der Waals surface area (Å²) in [6.45, 7) is 49.3. The van der Waals surface area contributed by atoms with Gasteiger partial charge in [0.25, 0.3) is 11.8 Å². The van der Waals surface area contributed by atoms with Crippen LogP contribution >= 0.6 is 0 Å². The fourth-order valence-corrected chi connectivity index (χ4v) is 17.3. The van der Waals surface area contributed by atoms with Crippen LogP contribution in [0.25, 0.3) is 0 Å². The van der Waals surface area contributed by atoms with Gasteiger partial charge in [-0.15, -0.1) is 5.10 Å². The van der Waals surface area contributed by atoms with Crippen molar-refractivity contribution in [1.82, 2.24) is 25.6 Å². The zero-order chi connectivity index (χ0) is 96.0. The molecule has 0 aliphatic carbocycles. The van der Waals surface area contributed by atoms with Gasteiger partial charge in [0.15, 0.2) is 0 Å². The number of nitrogens with zero attached hydrogens (tertiary/aromatic N) is 3. The molecule has 135 heavy (non-hydrogen) atoms. The molecule has 15 heteroatoms. The topological polar surface area (TPSA) is 170 Å². The number of nitrogens with two attached hydrogens (primary N) is 1. The molecule has 6 bridgehead atoms. The zero-order valence-corrected chi connectivity index (χ0v) is 83.1. The van der Waals surface area contributed by atoms with Gasteiger partial charge < -0.3 is 49.1 Å². The number of carbonyl (C=O) groups is 2. The van der Waals surface area contributed by atoms with E-state index in [2.05, 4.69) is 375 Å². The van der Waals surface area contributed by atoms with Gasteiger partial charge in [0, 0.05) is 61.8 Å². The van der Waals surface area contributed by atoms with Crippen LogP contribution < -0.4 is 34.9 Å². The number of aryl methyl sites for hydroxylation is 1. The van der Waals surface area contributed by atoms with E-state index in [1.165, 1.54) is 89.0 Å². The molecule has 0 spiro atoms. The zero-order valence-electron chi connectivity index (χ0n) is 83.1. The minimum absolute atomic E-state index is 0.0340. The fraction of sp³-hybridized carbons (Fsp3) is 0.367. The Morgan fingerprint density at radius 2 is 0.622 bits per heavy atom. The first-order chi connectivity index (χ1) is 64.5. The van der Waals surface area contributed by atoms with Gasteiger partial charge in [-0.2, -0.15) is 0 Å². The molecule has 4 aliphatic heterocycles. The standard InChI is InChI=1S/C90H108N4O2.C30H34N2O7/c1-83(2,3)66-25-37-72(38-26-66)89(73-39-27-67(28-40-73)84(4,5)6,74-41-29-68(30-42-74)85(7,8)9)78-49-53-81(54-50-78)95-59-19-57-91-62-65-23-21-64(22-24-65)61-80-63-94(93-92-80)58-20-60-96-82-55-51-79(52-56-82)90(75-43-31-69(32-44-75)86(10,11)12,76-45-33-70(34-46-76)87(13,14)15)77-47-35-71(36-48-77)88(16,17)18;33-29-25-2-1-3-26(20-25)30(34)32-22-24-6-10-28(11-7-24)39-19-17-37-15-13-35-12-14-36-16-18-38-27-8-4-23(5-9-27)21-31-29/h21-56,63,91H,19-20,57-62H2,1-18H3;1-11,20H,12-19,21-22H2,(H,31,33)(H,32,34)/p+1. The molecule has 1 aromatic heterocycles. The minimum Gasteiger partial charge on any atom is -0.494 e. The Morgan fingerprint density at radius 3 is 0.941 bits per heavy atom. The highest BCUT2D eigenvalue weighted by Crippen LogP contribution is 2.50. The van der Waals surface area contributed by atoms with Crippen molar-refractivity contribution in [2.24, 2.45) is 0 Å². The summed E-state index contributed by atoms with van der Waals surface area (Å²) in [5, 5.41) is 17.2. The maximum absolute atomic E-state index is 12.7. The average molecular weight is 1810 g/mol. The number of amides is 2. The van der Waals surface area contributed by atoms with E-state index in [1.54, 1.807) is 24.3 Å². The summed E-state index contributed by atoms with van der Waals surface area (Å²) >= 11 is 0. The number of ether oxygens (including phenoxy) is 7. The average Bonchev–Trinajstić information content (AvgIpc) is 0.795. The molecule has 5 heterocycles. The maximum atomic E-state index is 12.7. The third-order valence-electron chi connectivity index (χ3n) is 25.6. The Balaban J connectivity index is 0.000000329. The van der Waals surface area contributed by atoms with E-state index < -0.39 is 10.8 Å². The van der Waals surface area contributed by atoms with E-state index in [-0.39, 0.29) is 44.3 Å². The lowest BCUT2D eigenvalue weighted by Crippen LogP contribution is -2.82. The third-order valence-corrected chi connectivity index (χ3v) is 25.6. The molecule has 0 atom stereocenters. The number of quaternary nitrogens is 1. The van der Waals surface area contributed by atoms with Crippen LogP contribution in [0.15, 0.2) is 297 Å². The van der Waals surface area contributed by atoms with Gasteiger partial charge in [-0.25, -0.2) is 0 Å². The number of hydrogen-bond acceptors (Lipinski definition) is 11. The summed E-state index contributed by atoms with van der Waals surface area (Å²) in [6, 6.07) is 104. The lowest BCUT2D eigenvalue weighted by molar-refractivity contribution is -0.671. The van der Waals surface area contributed by atoms with Crippen LogP contribution in [0.4, 0.5) is 0 Å². The molecule has 15 nitrogen and oxygen atoms in total. The van der Waals surface area contributed by atoms with Crippen molar-refractivity contribution in [2.75, 3.05) is 72.6 Å². The Morgan fingerprint density at radius 1 is 0.333 bits per heavy atom. The van der Waals surface area contributed by atoms with Crippen molar-refractivity contribution in [3.63, 3.8) is 0 Å². The highest BCUT2D eigenvalue weighted by atomic mass is 16.6. The van der Waals surface area contributed by atoms with Gasteiger partial charge in [-0.1, -0.05) is 354 Å². The van der Waals surface area contributed by atoms with Crippen LogP contribution in [0.2, 0.25) is 0 Å². The van der Waals surface area contributed by atoms with Crippen LogP contribution in [0, 0.1) is 0 Å². The van der Waals surface area contributed by atoms with Crippen LogP contribution in [-0.4, -0.2) is 99.4 Å². The maximum Gasteiger partial charge on any atom is 0.251 e. The van der Waals surface area contributed by atoms with Gasteiger partial charge in [0.05, 0.1) is 75.9 Å². The largest absolute Gasteiger partial charge is 0.494 e. The third kappa shape index (κ3) is 26.9. The molecule has 13 aromatic rings. The number of carbonyl (C=O) groups excluding carboxylic acids is 2. The lowest BCUT2D eigenvalue weighted by atomic mass is 9.64. The minimum atomic E-state index is -0.581. The summed E-state index contributed by atoms with van der Waals surface area (Å²) < 4.78 is 42.8.